The van der Waals surface area contributed by atoms with E-state index in [9.17, 15) is 18.0 Å². The number of benzene rings is 1. The van der Waals surface area contributed by atoms with Gasteiger partial charge in [-0.05, 0) is 26.8 Å². The third-order valence-electron chi connectivity index (χ3n) is 3.10. The van der Waals surface area contributed by atoms with Gasteiger partial charge in [0.1, 0.15) is 10.8 Å². The Bertz CT molecular complexity index is 715. The Morgan fingerprint density at radius 2 is 1.77 bits per heavy atom. The summed E-state index contributed by atoms with van der Waals surface area (Å²) in [5.41, 5.74) is -1.70. The number of carbonyl (C=O) groups excluding carboxylic acids is 1. The molecule has 0 saturated heterocycles. The molecule has 3 nitrogen and oxygen atoms in total. The molecule has 0 aliphatic heterocycles. The van der Waals surface area contributed by atoms with E-state index in [2.05, 4.69) is 5.10 Å². The van der Waals surface area contributed by atoms with Gasteiger partial charge in [0.15, 0.2) is 6.29 Å². The molecule has 0 atom stereocenters. The molecule has 0 aliphatic rings. The summed E-state index contributed by atoms with van der Waals surface area (Å²) in [6.45, 7) is 5.37. The average molecular weight is 331 g/mol. The van der Waals surface area contributed by atoms with Gasteiger partial charge in [0.05, 0.1) is 16.7 Å². The second kappa shape index (κ2) is 5.43. The number of rotatable bonds is 2. The van der Waals surface area contributed by atoms with Crippen molar-refractivity contribution in [3.05, 3.63) is 40.5 Å². The number of nitrogens with zero attached hydrogens (tertiary/aromatic N) is 2. The number of aromatic nitrogens is 2. The minimum atomic E-state index is -4.55. The largest absolute Gasteiger partial charge is 0.417 e. The molecule has 2 aromatic rings. The second-order valence-corrected chi connectivity index (χ2v) is 6.15. The highest BCUT2D eigenvalue weighted by Crippen LogP contribution is 2.39. The Morgan fingerprint density at radius 3 is 2.27 bits per heavy atom. The van der Waals surface area contributed by atoms with Gasteiger partial charge >= 0.3 is 6.18 Å². The van der Waals surface area contributed by atoms with Crippen molar-refractivity contribution in [1.82, 2.24) is 9.78 Å². The number of hydrogen-bond donors (Lipinski definition) is 0. The fourth-order valence-electron chi connectivity index (χ4n) is 2.09. The smallest absolute Gasteiger partial charge is 0.298 e. The van der Waals surface area contributed by atoms with Crippen molar-refractivity contribution in [3.8, 4) is 11.3 Å². The maximum absolute atomic E-state index is 13.2. The number of carbonyl (C=O) groups is 1. The molecule has 0 N–H and O–H groups in total. The molecule has 0 unspecified atom stereocenters. The molecule has 2 rings (SSSR count). The molecule has 1 aromatic heterocycles. The quantitative estimate of drug-likeness (QED) is 0.742. The SMILES string of the molecule is CC(C)(C)n1nc(-c2ccccc2C(F)(F)F)c(C=O)c1Cl. The van der Waals surface area contributed by atoms with E-state index in [1.54, 1.807) is 20.8 Å². The maximum Gasteiger partial charge on any atom is 0.417 e. The predicted molar refractivity (Wildman–Crippen MR) is 78.1 cm³/mol. The zero-order valence-electron chi connectivity index (χ0n) is 12.2. The van der Waals surface area contributed by atoms with Gasteiger partial charge in [0.25, 0.3) is 0 Å². The summed E-state index contributed by atoms with van der Waals surface area (Å²) in [6.07, 6.45) is -4.12. The molecule has 0 saturated carbocycles. The van der Waals surface area contributed by atoms with Crippen LogP contribution in [0.1, 0.15) is 36.7 Å². The van der Waals surface area contributed by atoms with Gasteiger partial charge in [-0.15, -0.1) is 0 Å². The minimum absolute atomic E-state index is 0.0227. The number of aldehydes is 1. The van der Waals surface area contributed by atoms with Crippen LogP contribution < -0.4 is 0 Å². The molecule has 0 radical (unpaired) electrons. The van der Waals surface area contributed by atoms with Crippen LogP contribution in [0.3, 0.4) is 0 Å². The molecule has 7 heteroatoms. The van der Waals surface area contributed by atoms with Crippen molar-refractivity contribution in [3.63, 3.8) is 0 Å². The zero-order chi connectivity index (χ0) is 16.7. The minimum Gasteiger partial charge on any atom is -0.298 e. The molecule has 0 aliphatic carbocycles. The third-order valence-corrected chi connectivity index (χ3v) is 3.47. The van der Waals surface area contributed by atoms with Crippen LogP contribution in [0, 0.1) is 0 Å². The molecule has 118 valence electrons. The number of alkyl halides is 3. The summed E-state index contributed by atoms with van der Waals surface area (Å²) in [6, 6.07) is 4.98. The number of hydrogen-bond acceptors (Lipinski definition) is 2. The maximum atomic E-state index is 13.2. The predicted octanol–water partition coefficient (Wildman–Crippen LogP) is 4.79. The average Bonchev–Trinajstić information content (AvgIpc) is 2.74. The summed E-state index contributed by atoms with van der Waals surface area (Å²) in [5, 5.41) is 4.17. The van der Waals surface area contributed by atoms with Gasteiger partial charge < -0.3 is 0 Å². The highest BCUT2D eigenvalue weighted by Gasteiger charge is 2.35. The molecule has 1 aromatic carbocycles. The lowest BCUT2D eigenvalue weighted by molar-refractivity contribution is -0.137. The zero-order valence-corrected chi connectivity index (χ0v) is 13.0. The van der Waals surface area contributed by atoms with Crippen molar-refractivity contribution in [1.29, 1.82) is 0 Å². The highest BCUT2D eigenvalue weighted by molar-refractivity contribution is 6.32. The van der Waals surface area contributed by atoms with Crippen LogP contribution in [0.15, 0.2) is 24.3 Å². The lowest BCUT2D eigenvalue weighted by Crippen LogP contribution is -2.23. The van der Waals surface area contributed by atoms with Gasteiger partial charge in [0, 0.05) is 5.56 Å². The van der Waals surface area contributed by atoms with Crippen molar-refractivity contribution in [2.75, 3.05) is 0 Å². The Hall–Kier alpha value is -1.82. The first-order chi connectivity index (χ1) is 10.1. The Balaban J connectivity index is 2.77. The first-order valence-corrected chi connectivity index (χ1v) is 6.86. The van der Waals surface area contributed by atoms with Crippen molar-refractivity contribution in [2.24, 2.45) is 0 Å². The lowest BCUT2D eigenvalue weighted by atomic mass is 10.0. The molecule has 0 amide bonds. The summed E-state index contributed by atoms with van der Waals surface area (Å²) in [7, 11) is 0. The van der Waals surface area contributed by atoms with Crippen LogP contribution in [-0.2, 0) is 11.7 Å². The van der Waals surface area contributed by atoms with E-state index < -0.39 is 17.3 Å². The van der Waals surface area contributed by atoms with E-state index in [1.165, 1.54) is 22.9 Å². The first-order valence-electron chi connectivity index (χ1n) is 6.48. The Labute approximate surface area is 130 Å². The lowest BCUT2D eigenvalue weighted by Gasteiger charge is -2.20. The van der Waals surface area contributed by atoms with Gasteiger partial charge in [-0.25, -0.2) is 4.68 Å². The second-order valence-electron chi connectivity index (χ2n) is 5.80. The van der Waals surface area contributed by atoms with Crippen LogP contribution in [0.5, 0.6) is 0 Å². The van der Waals surface area contributed by atoms with Crippen molar-refractivity contribution in [2.45, 2.75) is 32.5 Å². The van der Waals surface area contributed by atoms with E-state index in [0.717, 1.165) is 6.07 Å². The molecular weight excluding hydrogens is 317 g/mol. The third kappa shape index (κ3) is 2.88. The van der Waals surface area contributed by atoms with Gasteiger partial charge in [-0.1, -0.05) is 29.8 Å². The molecule has 1 heterocycles. The fourth-order valence-corrected chi connectivity index (χ4v) is 2.52. The monoisotopic (exact) mass is 330 g/mol. The van der Waals surface area contributed by atoms with Crippen LogP contribution >= 0.6 is 11.6 Å². The Morgan fingerprint density at radius 1 is 1.18 bits per heavy atom. The summed E-state index contributed by atoms with van der Waals surface area (Å²) < 4.78 is 40.8. The van der Waals surface area contributed by atoms with Crippen molar-refractivity contribution < 1.29 is 18.0 Å². The normalized spacial score (nSPS) is 12.5. The molecule has 0 bridgehead atoms. The van der Waals surface area contributed by atoms with Gasteiger partial charge in [0.2, 0.25) is 0 Å². The molecule has 0 spiro atoms. The molecule has 22 heavy (non-hydrogen) atoms. The van der Waals surface area contributed by atoms with Crippen molar-refractivity contribution >= 4 is 17.9 Å². The molecular formula is C15H14ClF3N2O. The summed E-state index contributed by atoms with van der Waals surface area (Å²) in [4.78, 5) is 11.3. The topological polar surface area (TPSA) is 34.9 Å². The fraction of sp³-hybridized carbons (Fsp3) is 0.333. The van der Waals surface area contributed by atoms with E-state index in [-0.39, 0.29) is 22.0 Å². The van der Waals surface area contributed by atoms with Crippen LogP contribution in [-0.4, -0.2) is 16.1 Å². The highest BCUT2D eigenvalue weighted by atomic mass is 35.5. The molecule has 0 fully saturated rings. The standard InChI is InChI=1S/C15H14ClF3N2O/c1-14(2,3)21-13(16)10(8-22)12(20-21)9-6-4-5-7-11(9)15(17,18)19/h4-8H,1-3H3. The van der Waals surface area contributed by atoms with Crippen LogP contribution in [0.2, 0.25) is 5.15 Å². The van der Waals surface area contributed by atoms with E-state index in [4.69, 9.17) is 11.6 Å². The first kappa shape index (κ1) is 16.5. The van der Waals surface area contributed by atoms with Crippen LogP contribution in [0.4, 0.5) is 13.2 Å². The van der Waals surface area contributed by atoms with E-state index in [1.807, 2.05) is 0 Å². The van der Waals surface area contributed by atoms with E-state index >= 15 is 0 Å². The van der Waals surface area contributed by atoms with Gasteiger partial charge in [-0.2, -0.15) is 18.3 Å². The number of halogens is 4. The summed E-state index contributed by atoms with van der Waals surface area (Å²) >= 11 is 6.12. The Kier molecular flexibility index (Phi) is 4.08. The van der Waals surface area contributed by atoms with Crippen LogP contribution in [0.25, 0.3) is 11.3 Å². The van der Waals surface area contributed by atoms with E-state index in [0.29, 0.717) is 6.29 Å². The van der Waals surface area contributed by atoms with Gasteiger partial charge in [-0.3, -0.25) is 4.79 Å². The summed E-state index contributed by atoms with van der Waals surface area (Å²) in [5.74, 6) is 0.